The highest BCUT2D eigenvalue weighted by Crippen LogP contribution is 2.05. The maximum Gasteiger partial charge on any atom is 0.227 e. The van der Waals surface area contributed by atoms with Crippen LogP contribution in [0.2, 0.25) is 5.15 Å². The van der Waals surface area contributed by atoms with Crippen molar-refractivity contribution in [3.63, 3.8) is 0 Å². The number of hydrogen-bond donors (Lipinski definition) is 3. The Bertz CT molecular complexity index is 730. The van der Waals surface area contributed by atoms with Gasteiger partial charge in [-0.25, -0.2) is 9.97 Å². The number of pyridine rings is 2. The van der Waals surface area contributed by atoms with Gasteiger partial charge < -0.3 is 16.0 Å². The molecule has 0 aliphatic rings. The van der Waals surface area contributed by atoms with Crippen LogP contribution in [0.25, 0.3) is 0 Å². The fourth-order valence-electron chi connectivity index (χ4n) is 2.14. The van der Waals surface area contributed by atoms with Crippen LogP contribution in [0.5, 0.6) is 0 Å². The van der Waals surface area contributed by atoms with Crippen molar-refractivity contribution in [3.8, 4) is 0 Å². The average molecular weight is 375 g/mol. The summed E-state index contributed by atoms with van der Waals surface area (Å²) in [5, 5.41) is 9.55. The van der Waals surface area contributed by atoms with E-state index in [1.807, 2.05) is 19.1 Å². The van der Waals surface area contributed by atoms with Crippen molar-refractivity contribution in [1.82, 2.24) is 20.6 Å². The Hall–Kier alpha value is -2.67. The molecule has 0 radical (unpaired) electrons. The van der Waals surface area contributed by atoms with Gasteiger partial charge >= 0.3 is 0 Å². The molecule has 0 spiro atoms. The zero-order chi connectivity index (χ0) is 18.8. The lowest BCUT2D eigenvalue weighted by Crippen LogP contribution is -2.39. The second-order valence-corrected chi connectivity index (χ2v) is 6.07. The van der Waals surface area contributed by atoms with Crippen LogP contribution in [0.1, 0.15) is 17.5 Å². The maximum atomic E-state index is 11.9. The topological polar surface area (TPSA) is 91.3 Å². The van der Waals surface area contributed by atoms with Crippen LogP contribution in [0.4, 0.5) is 5.82 Å². The van der Waals surface area contributed by atoms with E-state index in [4.69, 9.17) is 11.6 Å². The lowest BCUT2D eigenvalue weighted by molar-refractivity contribution is -0.116. The molecule has 0 unspecified atom stereocenters. The van der Waals surface area contributed by atoms with Crippen LogP contribution in [0, 0.1) is 6.92 Å². The van der Waals surface area contributed by atoms with Gasteiger partial charge in [0.25, 0.3) is 0 Å². The number of hydrogen-bond acceptors (Lipinski definition) is 4. The first-order valence-corrected chi connectivity index (χ1v) is 8.72. The van der Waals surface area contributed by atoms with E-state index < -0.39 is 0 Å². The zero-order valence-electron chi connectivity index (χ0n) is 14.9. The number of guanidine groups is 1. The molecule has 26 heavy (non-hydrogen) atoms. The first-order chi connectivity index (χ1) is 12.6. The molecule has 0 aliphatic heterocycles. The number of nitrogens with zero attached hydrogens (tertiary/aromatic N) is 3. The molecule has 0 fully saturated rings. The lowest BCUT2D eigenvalue weighted by atomic mass is 10.2. The van der Waals surface area contributed by atoms with E-state index in [0.717, 1.165) is 17.5 Å². The number of carbonyl (C=O) groups excluding carboxylic acids is 1. The molecule has 8 heteroatoms. The van der Waals surface area contributed by atoms with Gasteiger partial charge in [-0.2, -0.15) is 0 Å². The predicted octanol–water partition coefficient (Wildman–Crippen LogP) is 2.17. The second-order valence-electron chi connectivity index (χ2n) is 5.68. The molecule has 7 nitrogen and oxygen atoms in total. The quantitative estimate of drug-likeness (QED) is 0.392. The molecule has 2 aromatic rings. The molecule has 2 aromatic heterocycles. The van der Waals surface area contributed by atoms with E-state index in [1.54, 1.807) is 31.6 Å². The Balaban J connectivity index is 1.65. The van der Waals surface area contributed by atoms with Gasteiger partial charge in [0.15, 0.2) is 5.96 Å². The van der Waals surface area contributed by atoms with Crippen molar-refractivity contribution in [3.05, 3.63) is 52.9 Å². The highest BCUT2D eigenvalue weighted by molar-refractivity contribution is 6.29. The highest BCUT2D eigenvalue weighted by Gasteiger charge is 2.04. The molecule has 2 heterocycles. The normalized spacial score (nSPS) is 11.1. The highest BCUT2D eigenvalue weighted by atomic mass is 35.5. The summed E-state index contributed by atoms with van der Waals surface area (Å²) in [5.74, 6) is 1.10. The van der Waals surface area contributed by atoms with E-state index in [2.05, 4.69) is 30.9 Å². The number of aromatic nitrogens is 2. The fourth-order valence-corrected chi connectivity index (χ4v) is 2.25. The standard InChI is InChI=1S/C18H23ClN6O/c1-13-3-6-16(24-11-13)25-17(26)8-10-22-18(20-2)21-9-7-14-4-5-15(19)23-12-14/h3-6,11-12H,7-10H2,1-2H3,(H2,20,21,22)(H,24,25,26). The van der Waals surface area contributed by atoms with Crippen LogP contribution in [-0.2, 0) is 11.2 Å². The summed E-state index contributed by atoms with van der Waals surface area (Å²) in [6.45, 7) is 3.12. The minimum absolute atomic E-state index is 0.100. The molecule has 2 rings (SSSR count). The summed E-state index contributed by atoms with van der Waals surface area (Å²) in [6, 6.07) is 7.40. The van der Waals surface area contributed by atoms with Gasteiger partial charge in [0.2, 0.25) is 5.91 Å². The van der Waals surface area contributed by atoms with Gasteiger partial charge in [-0.3, -0.25) is 9.79 Å². The van der Waals surface area contributed by atoms with Gasteiger partial charge in [0, 0.05) is 39.0 Å². The van der Waals surface area contributed by atoms with Gasteiger partial charge in [-0.15, -0.1) is 0 Å². The van der Waals surface area contributed by atoms with Gasteiger partial charge in [-0.1, -0.05) is 23.7 Å². The van der Waals surface area contributed by atoms with E-state index in [-0.39, 0.29) is 5.91 Å². The van der Waals surface area contributed by atoms with Crippen LogP contribution >= 0.6 is 11.6 Å². The van der Waals surface area contributed by atoms with Crippen molar-refractivity contribution >= 4 is 29.3 Å². The smallest absolute Gasteiger partial charge is 0.227 e. The lowest BCUT2D eigenvalue weighted by Gasteiger charge is -2.12. The average Bonchev–Trinajstić information content (AvgIpc) is 2.64. The molecule has 0 aliphatic carbocycles. The Morgan fingerprint density at radius 2 is 1.92 bits per heavy atom. The fraction of sp³-hybridized carbons (Fsp3) is 0.333. The molecule has 138 valence electrons. The summed E-state index contributed by atoms with van der Waals surface area (Å²) in [5.41, 5.74) is 2.14. The number of rotatable bonds is 7. The third-order valence-electron chi connectivity index (χ3n) is 3.54. The number of carbonyl (C=O) groups is 1. The van der Waals surface area contributed by atoms with Crippen molar-refractivity contribution in [1.29, 1.82) is 0 Å². The van der Waals surface area contributed by atoms with Crippen LogP contribution in [-0.4, -0.2) is 42.0 Å². The van der Waals surface area contributed by atoms with Crippen LogP contribution in [0.3, 0.4) is 0 Å². The zero-order valence-corrected chi connectivity index (χ0v) is 15.7. The van der Waals surface area contributed by atoms with E-state index in [0.29, 0.717) is 36.4 Å². The van der Waals surface area contributed by atoms with Crippen LogP contribution < -0.4 is 16.0 Å². The molecular formula is C18H23ClN6O. The Labute approximate surface area is 158 Å². The molecule has 0 atom stereocenters. The van der Waals surface area contributed by atoms with Gasteiger partial charge in [-0.05, 0) is 36.6 Å². The molecule has 3 N–H and O–H groups in total. The number of halogens is 1. The summed E-state index contributed by atoms with van der Waals surface area (Å²) in [6.07, 6.45) is 4.58. The molecule has 0 saturated carbocycles. The largest absolute Gasteiger partial charge is 0.356 e. The summed E-state index contributed by atoms with van der Waals surface area (Å²) in [4.78, 5) is 24.3. The Morgan fingerprint density at radius 1 is 1.12 bits per heavy atom. The minimum Gasteiger partial charge on any atom is -0.356 e. The van der Waals surface area contributed by atoms with Crippen molar-refractivity contribution in [2.24, 2.45) is 4.99 Å². The first kappa shape index (κ1) is 19.7. The van der Waals surface area contributed by atoms with Crippen LogP contribution in [0.15, 0.2) is 41.7 Å². The third kappa shape index (κ3) is 7.06. The SMILES string of the molecule is CN=C(NCCC(=O)Nc1ccc(C)cn1)NCCc1ccc(Cl)nc1. The van der Waals surface area contributed by atoms with Crippen molar-refractivity contribution < 1.29 is 4.79 Å². The molecule has 0 bridgehead atoms. The minimum atomic E-state index is -0.100. The van der Waals surface area contributed by atoms with Crippen molar-refractivity contribution in [2.45, 2.75) is 19.8 Å². The summed E-state index contributed by atoms with van der Waals surface area (Å²) < 4.78 is 0. The first-order valence-electron chi connectivity index (χ1n) is 8.34. The maximum absolute atomic E-state index is 11.9. The summed E-state index contributed by atoms with van der Waals surface area (Å²) >= 11 is 5.77. The number of nitrogens with one attached hydrogen (secondary N) is 3. The Kier molecular flexibility index (Phi) is 7.82. The predicted molar refractivity (Wildman–Crippen MR) is 105 cm³/mol. The molecule has 1 amide bonds. The Morgan fingerprint density at radius 3 is 2.58 bits per heavy atom. The monoisotopic (exact) mass is 374 g/mol. The molecule has 0 saturated heterocycles. The molecular weight excluding hydrogens is 352 g/mol. The summed E-state index contributed by atoms with van der Waals surface area (Å²) in [7, 11) is 1.69. The van der Waals surface area contributed by atoms with Gasteiger partial charge in [0.05, 0.1) is 0 Å². The number of aryl methyl sites for hydroxylation is 1. The number of anilines is 1. The molecule has 0 aromatic carbocycles. The van der Waals surface area contributed by atoms with Crippen molar-refractivity contribution in [2.75, 3.05) is 25.5 Å². The number of amides is 1. The van der Waals surface area contributed by atoms with Gasteiger partial charge in [0.1, 0.15) is 11.0 Å². The third-order valence-corrected chi connectivity index (χ3v) is 3.77. The van der Waals surface area contributed by atoms with E-state index in [1.165, 1.54) is 0 Å². The second kappa shape index (κ2) is 10.4. The number of aliphatic imine (C=N–C) groups is 1. The van der Waals surface area contributed by atoms with E-state index in [9.17, 15) is 4.79 Å². The van der Waals surface area contributed by atoms with E-state index >= 15 is 0 Å².